The lowest BCUT2D eigenvalue weighted by Crippen LogP contribution is -2.30. The van der Waals surface area contributed by atoms with Crippen LogP contribution < -0.4 is 5.32 Å². The Morgan fingerprint density at radius 2 is 2.12 bits per heavy atom. The highest BCUT2D eigenvalue weighted by Crippen LogP contribution is 2.37. The molecule has 1 aromatic heterocycles. The minimum atomic E-state index is 0.438. The summed E-state index contributed by atoms with van der Waals surface area (Å²) in [4.78, 5) is 2.47. The van der Waals surface area contributed by atoms with E-state index < -0.39 is 0 Å². The smallest absolute Gasteiger partial charge is 0.133 e. The Morgan fingerprint density at radius 1 is 1.21 bits per heavy atom. The molecule has 0 aliphatic carbocycles. The standard InChI is InChI=1S/C19H25ClN4/c1-23-12-5-3-10-17(23)18-16-9-2-4-11-21-19(16)24(22-18)15-8-6-7-14(20)13-15/h6-8,13,17,21H,2-5,9-12H2,1H3. The van der Waals surface area contributed by atoms with E-state index in [2.05, 4.69) is 28.0 Å². The second kappa shape index (κ2) is 6.77. The number of likely N-dealkylation sites (tertiary alicyclic amines) is 1. The lowest BCUT2D eigenvalue weighted by atomic mass is 9.96. The van der Waals surface area contributed by atoms with Gasteiger partial charge in [0, 0.05) is 17.1 Å². The number of halogens is 1. The number of hydrogen-bond acceptors (Lipinski definition) is 3. The van der Waals surface area contributed by atoms with E-state index in [1.54, 1.807) is 0 Å². The highest BCUT2D eigenvalue weighted by Gasteiger charge is 2.29. The number of nitrogens with zero attached hydrogens (tertiary/aromatic N) is 3. The molecule has 24 heavy (non-hydrogen) atoms. The zero-order valence-corrected chi connectivity index (χ0v) is 15.0. The van der Waals surface area contributed by atoms with Crippen molar-refractivity contribution in [3.8, 4) is 5.69 Å². The lowest BCUT2D eigenvalue weighted by molar-refractivity contribution is 0.182. The second-order valence-electron chi connectivity index (χ2n) is 6.98. The van der Waals surface area contributed by atoms with Crippen LogP contribution in [0.25, 0.3) is 5.69 Å². The average molecular weight is 345 g/mol. The number of benzene rings is 1. The SMILES string of the molecule is CN1CCCCC1c1nn(-c2cccc(Cl)c2)c2c1CCCCN2. The van der Waals surface area contributed by atoms with Gasteiger partial charge in [0.2, 0.25) is 0 Å². The molecule has 0 amide bonds. The summed E-state index contributed by atoms with van der Waals surface area (Å²) in [5.41, 5.74) is 3.71. The van der Waals surface area contributed by atoms with Crippen LogP contribution in [-0.4, -0.2) is 34.8 Å². The molecule has 5 heteroatoms. The molecule has 2 aliphatic rings. The normalized spacial score (nSPS) is 21.8. The first-order valence-electron chi connectivity index (χ1n) is 9.06. The van der Waals surface area contributed by atoms with E-state index in [1.807, 2.05) is 18.2 Å². The maximum absolute atomic E-state index is 6.22. The fraction of sp³-hybridized carbons (Fsp3) is 0.526. The van der Waals surface area contributed by atoms with E-state index in [1.165, 1.54) is 49.2 Å². The fourth-order valence-electron chi connectivity index (χ4n) is 4.01. The van der Waals surface area contributed by atoms with Crippen molar-refractivity contribution in [2.75, 3.05) is 25.5 Å². The summed E-state index contributed by atoms with van der Waals surface area (Å²) in [5, 5.41) is 9.45. The topological polar surface area (TPSA) is 33.1 Å². The van der Waals surface area contributed by atoms with Crippen molar-refractivity contribution >= 4 is 17.4 Å². The monoisotopic (exact) mass is 344 g/mol. The van der Waals surface area contributed by atoms with Gasteiger partial charge in [0.1, 0.15) is 5.82 Å². The van der Waals surface area contributed by atoms with Gasteiger partial charge in [-0.15, -0.1) is 0 Å². The van der Waals surface area contributed by atoms with Gasteiger partial charge in [-0.3, -0.25) is 4.90 Å². The summed E-state index contributed by atoms with van der Waals surface area (Å²) < 4.78 is 2.07. The molecule has 1 unspecified atom stereocenters. The third-order valence-corrected chi connectivity index (χ3v) is 5.53. The van der Waals surface area contributed by atoms with Gasteiger partial charge in [0.25, 0.3) is 0 Å². The molecule has 0 spiro atoms. The third kappa shape index (κ3) is 2.93. The van der Waals surface area contributed by atoms with Gasteiger partial charge in [-0.2, -0.15) is 5.10 Å². The van der Waals surface area contributed by atoms with Crippen LogP contribution in [0.5, 0.6) is 0 Å². The maximum atomic E-state index is 6.22. The van der Waals surface area contributed by atoms with Gasteiger partial charge < -0.3 is 5.32 Å². The van der Waals surface area contributed by atoms with E-state index in [0.29, 0.717) is 6.04 Å². The van der Waals surface area contributed by atoms with E-state index in [0.717, 1.165) is 30.2 Å². The molecule has 128 valence electrons. The zero-order chi connectivity index (χ0) is 16.5. The highest BCUT2D eigenvalue weighted by atomic mass is 35.5. The summed E-state index contributed by atoms with van der Waals surface area (Å²) in [5.74, 6) is 1.17. The average Bonchev–Trinajstić information content (AvgIpc) is 2.77. The van der Waals surface area contributed by atoms with Crippen LogP contribution in [0.1, 0.15) is 49.4 Å². The van der Waals surface area contributed by atoms with Crippen molar-refractivity contribution < 1.29 is 0 Å². The number of fused-ring (bicyclic) bond motifs is 1. The number of hydrogen-bond donors (Lipinski definition) is 1. The minimum absolute atomic E-state index is 0.438. The zero-order valence-electron chi connectivity index (χ0n) is 14.3. The molecule has 1 fully saturated rings. The second-order valence-corrected chi connectivity index (χ2v) is 7.42. The molecule has 0 bridgehead atoms. The van der Waals surface area contributed by atoms with Crippen molar-refractivity contribution in [1.29, 1.82) is 0 Å². The molecule has 2 aromatic rings. The Bertz CT molecular complexity index is 724. The van der Waals surface area contributed by atoms with Crippen LogP contribution in [0, 0.1) is 0 Å². The van der Waals surface area contributed by atoms with Crippen molar-refractivity contribution in [2.45, 2.75) is 44.6 Å². The highest BCUT2D eigenvalue weighted by molar-refractivity contribution is 6.30. The first-order chi connectivity index (χ1) is 11.7. The van der Waals surface area contributed by atoms with Gasteiger partial charge in [-0.25, -0.2) is 4.68 Å². The Hall–Kier alpha value is -1.52. The predicted octanol–water partition coefficient (Wildman–Crippen LogP) is 4.43. The van der Waals surface area contributed by atoms with Gasteiger partial charge in [-0.05, 0) is 63.9 Å². The Balaban J connectivity index is 1.82. The summed E-state index contributed by atoms with van der Waals surface area (Å²) in [7, 11) is 2.23. The third-order valence-electron chi connectivity index (χ3n) is 5.30. The number of anilines is 1. The van der Waals surface area contributed by atoms with Gasteiger partial charge in [0.05, 0.1) is 17.4 Å². The molecule has 1 N–H and O–H groups in total. The van der Waals surface area contributed by atoms with E-state index in [9.17, 15) is 0 Å². The van der Waals surface area contributed by atoms with Crippen LogP contribution in [0.15, 0.2) is 24.3 Å². The van der Waals surface area contributed by atoms with Gasteiger partial charge >= 0.3 is 0 Å². The number of aromatic nitrogens is 2. The molecular formula is C19H25ClN4. The maximum Gasteiger partial charge on any atom is 0.133 e. The minimum Gasteiger partial charge on any atom is -0.370 e. The molecule has 4 rings (SSSR count). The fourth-order valence-corrected chi connectivity index (χ4v) is 4.20. The summed E-state index contributed by atoms with van der Waals surface area (Å²) in [6.45, 7) is 2.18. The Kier molecular flexibility index (Phi) is 4.51. The molecule has 1 atom stereocenters. The number of piperidine rings is 1. The molecule has 0 saturated carbocycles. The summed E-state index contributed by atoms with van der Waals surface area (Å²) in [6, 6.07) is 8.43. The summed E-state index contributed by atoms with van der Waals surface area (Å²) >= 11 is 6.22. The summed E-state index contributed by atoms with van der Waals surface area (Å²) in [6.07, 6.45) is 7.34. The lowest BCUT2D eigenvalue weighted by Gasteiger charge is -2.31. The van der Waals surface area contributed by atoms with E-state index >= 15 is 0 Å². The molecule has 4 nitrogen and oxygen atoms in total. The largest absolute Gasteiger partial charge is 0.370 e. The molecule has 0 radical (unpaired) electrons. The molecule has 1 aromatic carbocycles. The van der Waals surface area contributed by atoms with Crippen LogP contribution in [0.2, 0.25) is 5.02 Å². The first-order valence-corrected chi connectivity index (χ1v) is 9.43. The van der Waals surface area contributed by atoms with Crippen LogP contribution in [0.3, 0.4) is 0 Å². The van der Waals surface area contributed by atoms with E-state index in [-0.39, 0.29) is 0 Å². The van der Waals surface area contributed by atoms with Crippen molar-refractivity contribution in [2.24, 2.45) is 0 Å². The number of nitrogens with one attached hydrogen (secondary N) is 1. The molecule has 1 saturated heterocycles. The van der Waals surface area contributed by atoms with Crippen LogP contribution >= 0.6 is 11.6 Å². The Labute approximate surface area is 148 Å². The van der Waals surface area contributed by atoms with Crippen LogP contribution in [0.4, 0.5) is 5.82 Å². The van der Waals surface area contributed by atoms with E-state index in [4.69, 9.17) is 16.7 Å². The first kappa shape index (κ1) is 16.0. The van der Waals surface area contributed by atoms with Crippen molar-refractivity contribution in [3.63, 3.8) is 0 Å². The van der Waals surface area contributed by atoms with Crippen LogP contribution in [-0.2, 0) is 6.42 Å². The molecule has 3 heterocycles. The quantitative estimate of drug-likeness (QED) is 0.874. The van der Waals surface area contributed by atoms with Crippen molar-refractivity contribution in [3.05, 3.63) is 40.5 Å². The number of rotatable bonds is 2. The predicted molar refractivity (Wildman–Crippen MR) is 99.2 cm³/mol. The van der Waals surface area contributed by atoms with Gasteiger partial charge in [-0.1, -0.05) is 24.1 Å². The van der Waals surface area contributed by atoms with Gasteiger partial charge in [0.15, 0.2) is 0 Å². The van der Waals surface area contributed by atoms with Crippen molar-refractivity contribution in [1.82, 2.24) is 14.7 Å². The molecule has 2 aliphatic heterocycles. The molecular weight excluding hydrogens is 320 g/mol. The Morgan fingerprint density at radius 3 is 2.96 bits per heavy atom.